The molecule has 0 aliphatic heterocycles. The molecular weight excluding hydrogens is 351 g/mol. The molecule has 0 fully saturated rings. The summed E-state index contributed by atoms with van der Waals surface area (Å²) >= 11 is 6.13. The molecule has 5 nitrogen and oxygen atoms in total. The van der Waals surface area contributed by atoms with Gasteiger partial charge in [-0.15, -0.1) is 0 Å². The molecule has 7 heteroatoms. The lowest BCUT2D eigenvalue weighted by atomic mass is 9.90. The third-order valence-electron chi connectivity index (χ3n) is 3.27. The van der Waals surface area contributed by atoms with Gasteiger partial charge in [-0.2, -0.15) is 0 Å². The van der Waals surface area contributed by atoms with Crippen LogP contribution in [-0.2, 0) is 14.1 Å². The zero-order valence-corrected chi connectivity index (χ0v) is 14.9. The second kappa shape index (κ2) is 9.81. The summed E-state index contributed by atoms with van der Waals surface area (Å²) in [5.74, 6) is -1.86. The number of ether oxygens (including phenoxy) is 2. The number of ketones is 1. The first-order valence-electron chi connectivity index (χ1n) is 6.80. The molecule has 0 radical (unpaired) electrons. The van der Waals surface area contributed by atoms with Gasteiger partial charge in [-0.3, -0.25) is 14.2 Å². The van der Waals surface area contributed by atoms with E-state index in [2.05, 4.69) is 0 Å². The van der Waals surface area contributed by atoms with Gasteiger partial charge >= 0.3 is 5.97 Å². The van der Waals surface area contributed by atoms with Crippen LogP contribution in [-0.4, -0.2) is 26.0 Å². The van der Waals surface area contributed by atoms with Crippen molar-refractivity contribution in [2.24, 2.45) is 0 Å². The molecule has 2 aromatic carbocycles. The zero-order chi connectivity index (χ0) is 18.1. The number of carbonyl (C=O) groups excluding carboxylic acids is 2. The Hall–Kier alpha value is -2.23. The first-order chi connectivity index (χ1) is 11.6. The van der Waals surface area contributed by atoms with Crippen LogP contribution < -0.4 is 4.74 Å². The van der Waals surface area contributed by atoms with E-state index < -0.39 is 17.7 Å². The normalized spacial score (nSPS) is 10.8. The molecule has 1 atom stereocenters. The smallest absolute Gasteiger partial charge is 0.321 e. The molecule has 2 rings (SSSR count). The Kier molecular flexibility index (Phi) is 8.10. The molecule has 2 aromatic rings. The SMILES string of the molecule is COC(=O)C(C(=O)c1c(Cl)cccc1OC)c1ccccc1.O=P. The van der Waals surface area contributed by atoms with Gasteiger partial charge in [-0.05, 0) is 17.7 Å². The average Bonchev–Trinajstić information content (AvgIpc) is 2.63. The maximum absolute atomic E-state index is 12.9. The fourth-order valence-electron chi connectivity index (χ4n) is 2.22. The van der Waals surface area contributed by atoms with Crippen molar-refractivity contribution in [3.05, 3.63) is 64.7 Å². The predicted molar refractivity (Wildman–Crippen MR) is 92.5 cm³/mol. The minimum atomic E-state index is -1.08. The lowest BCUT2D eigenvalue weighted by molar-refractivity contribution is -0.141. The summed E-state index contributed by atoms with van der Waals surface area (Å²) in [4.78, 5) is 25.0. The number of Topliss-reactive ketones (excluding diaryl/α,β-unsaturated/α-hetero) is 1. The number of esters is 1. The molecule has 24 heavy (non-hydrogen) atoms. The summed E-state index contributed by atoms with van der Waals surface area (Å²) < 4.78 is 18.0. The van der Waals surface area contributed by atoms with E-state index in [0.29, 0.717) is 11.3 Å². The summed E-state index contributed by atoms with van der Waals surface area (Å²) in [6.07, 6.45) is 0. The van der Waals surface area contributed by atoms with Crippen LogP contribution in [0.1, 0.15) is 21.8 Å². The highest BCUT2D eigenvalue weighted by molar-refractivity contribution is 7.00. The van der Waals surface area contributed by atoms with Crippen molar-refractivity contribution >= 4 is 32.5 Å². The Morgan fingerprint density at radius 1 is 1.00 bits per heavy atom. The van der Waals surface area contributed by atoms with E-state index in [1.165, 1.54) is 14.2 Å². The quantitative estimate of drug-likeness (QED) is 0.346. The molecule has 0 bridgehead atoms. The number of carbonyl (C=O) groups is 2. The fourth-order valence-corrected chi connectivity index (χ4v) is 2.47. The van der Waals surface area contributed by atoms with E-state index >= 15 is 0 Å². The third-order valence-corrected chi connectivity index (χ3v) is 3.59. The van der Waals surface area contributed by atoms with Crippen molar-refractivity contribution < 1.29 is 23.6 Å². The molecule has 0 N–H and O–H groups in total. The number of hydrogen-bond acceptors (Lipinski definition) is 5. The molecular formula is C17H16ClO5P. The van der Waals surface area contributed by atoms with Crippen LogP contribution in [0.2, 0.25) is 5.02 Å². The minimum Gasteiger partial charge on any atom is -0.496 e. The topological polar surface area (TPSA) is 69.7 Å². The van der Waals surface area contributed by atoms with Gasteiger partial charge in [0.1, 0.15) is 20.8 Å². The van der Waals surface area contributed by atoms with E-state index in [1.807, 2.05) is 0 Å². The summed E-state index contributed by atoms with van der Waals surface area (Å²) in [6.45, 7) is 0. The van der Waals surface area contributed by atoms with Crippen molar-refractivity contribution in [2.75, 3.05) is 14.2 Å². The number of halogens is 1. The van der Waals surface area contributed by atoms with Crippen LogP contribution in [0, 0.1) is 0 Å². The molecule has 126 valence electrons. The molecule has 0 heterocycles. The van der Waals surface area contributed by atoms with Gasteiger partial charge in [0.05, 0.1) is 24.8 Å². The van der Waals surface area contributed by atoms with Gasteiger partial charge in [0.25, 0.3) is 0 Å². The molecule has 0 aliphatic carbocycles. The van der Waals surface area contributed by atoms with Crippen LogP contribution in [0.3, 0.4) is 0 Å². The third kappa shape index (κ3) is 4.40. The first kappa shape index (κ1) is 19.8. The second-order valence-electron chi connectivity index (χ2n) is 4.55. The molecule has 0 aromatic heterocycles. The van der Waals surface area contributed by atoms with E-state index in [0.717, 1.165) is 0 Å². The number of benzene rings is 2. The lowest BCUT2D eigenvalue weighted by Gasteiger charge is -2.16. The van der Waals surface area contributed by atoms with Crippen molar-refractivity contribution in [3.63, 3.8) is 0 Å². The van der Waals surface area contributed by atoms with Crippen LogP contribution >= 0.6 is 20.7 Å². The summed E-state index contributed by atoms with van der Waals surface area (Å²) in [5.41, 5.74) is 0.715. The highest BCUT2D eigenvalue weighted by atomic mass is 35.5. The largest absolute Gasteiger partial charge is 0.496 e. The van der Waals surface area contributed by atoms with E-state index in [4.69, 9.17) is 25.6 Å². The van der Waals surface area contributed by atoms with Crippen LogP contribution in [0.5, 0.6) is 5.75 Å². The number of methoxy groups -OCH3 is 2. The van der Waals surface area contributed by atoms with Gasteiger partial charge in [0.2, 0.25) is 0 Å². The molecule has 0 spiro atoms. The molecule has 0 aliphatic rings. The Labute approximate surface area is 147 Å². The monoisotopic (exact) mass is 366 g/mol. The molecule has 0 saturated carbocycles. The van der Waals surface area contributed by atoms with Gasteiger partial charge < -0.3 is 9.47 Å². The van der Waals surface area contributed by atoms with Gasteiger partial charge in [0, 0.05) is 0 Å². The molecule has 0 saturated heterocycles. The molecule has 0 amide bonds. The van der Waals surface area contributed by atoms with Crippen molar-refractivity contribution in [3.8, 4) is 5.75 Å². The standard InChI is InChI=1S/C17H15ClO4.HOP/c1-21-13-10-6-9-12(18)15(13)16(19)14(17(20)22-2)11-7-4-3-5-8-11;1-2/h3-10,14H,1-2H3;2H. The molecule has 1 unspecified atom stereocenters. The number of hydrogen-bond donors (Lipinski definition) is 0. The van der Waals surface area contributed by atoms with E-state index in [1.54, 1.807) is 57.7 Å². The highest BCUT2D eigenvalue weighted by Crippen LogP contribution is 2.32. The fraction of sp³-hybridized carbons (Fsp3) is 0.176. The predicted octanol–water partition coefficient (Wildman–Crippen LogP) is 3.96. The Bertz CT molecular complexity index is 705. The Morgan fingerprint density at radius 2 is 1.62 bits per heavy atom. The summed E-state index contributed by atoms with van der Waals surface area (Å²) in [5, 5.41) is 0.231. The van der Waals surface area contributed by atoms with Crippen molar-refractivity contribution in [2.45, 2.75) is 5.92 Å². The van der Waals surface area contributed by atoms with Gasteiger partial charge in [0.15, 0.2) is 5.78 Å². The van der Waals surface area contributed by atoms with Gasteiger partial charge in [-0.1, -0.05) is 48.0 Å². The number of rotatable bonds is 5. The second-order valence-corrected chi connectivity index (χ2v) is 4.96. The highest BCUT2D eigenvalue weighted by Gasteiger charge is 2.33. The van der Waals surface area contributed by atoms with Crippen molar-refractivity contribution in [1.29, 1.82) is 0 Å². The van der Waals surface area contributed by atoms with Gasteiger partial charge in [-0.25, -0.2) is 0 Å². The lowest BCUT2D eigenvalue weighted by Crippen LogP contribution is -2.24. The van der Waals surface area contributed by atoms with Crippen molar-refractivity contribution in [1.82, 2.24) is 0 Å². The first-order valence-corrected chi connectivity index (χ1v) is 7.58. The average molecular weight is 367 g/mol. The Morgan fingerprint density at radius 3 is 2.17 bits per heavy atom. The van der Waals surface area contributed by atoms with Crippen LogP contribution in [0.4, 0.5) is 0 Å². The summed E-state index contributed by atoms with van der Waals surface area (Å²) in [6, 6.07) is 13.6. The van der Waals surface area contributed by atoms with E-state index in [-0.39, 0.29) is 10.6 Å². The maximum atomic E-state index is 12.9. The zero-order valence-electron chi connectivity index (χ0n) is 13.1. The summed E-state index contributed by atoms with van der Waals surface area (Å²) in [7, 11) is 4.41. The maximum Gasteiger partial charge on any atom is 0.321 e. The Balaban J connectivity index is 0.00000139. The minimum absolute atomic E-state index is 0.172. The van der Waals surface area contributed by atoms with Crippen LogP contribution in [0.25, 0.3) is 0 Å². The van der Waals surface area contributed by atoms with E-state index in [9.17, 15) is 9.59 Å². The van der Waals surface area contributed by atoms with Crippen LogP contribution in [0.15, 0.2) is 48.5 Å².